The van der Waals surface area contributed by atoms with Gasteiger partial charge in [-0.1, -0.05) is 24.3 Å². The Bertz CT molecular complexity index is 849. The Morgan fingerprint density at radius 3 is 2.62 bits per heavy atom. The van der Waals surface area contributed by atoms with Crippen molar-refractivity contribution in [1.82, 2.24) is 9.29 Å². The maximum atomic E-state index is 13.7. The van der Waals surface area contributed by atoms with Crippen molar-refractivity contribution in [2.24, 2.45) is 5.92 Å². The van der Waals surface area contributed by atoms with Gasteiger partial charge in [0.15, 0.2) is 0 Å². The van der Waals surface area contributed by atoms with Crippen LogP contribution < -0.4 is 4.74 Å². The Hall–Kier alpha value is -1.99. The summed E-state index contributed by atoms with van der Waals surface area (Å²) in [7, 11) is -3.52. The number of piperidine rings is 1. The minimum atomic E-state index is -3.52. The van der Waals surface area contributed by atoms with E-state index < -0.39 is 15.8 Å². The highest BCUT2D eigenvalue weighted by atomic mass is 32.2. The molecule has 2 aromatic rings. The van der Waals surface area contributed by atoms with Crippen molar-refractivity contribution in [2.45, 2.75) is 25.5 Å². The predicted molar refractivity (Wildman–Crippen MR) is 97.8 cm³/mol. The molecule has 1 aromatic heterocycles. The van der Waals surface area contributed by atoms with E-state index >= 15 is 0 Å². The summed E-state index contributed by atoms with van der Waals surface area (Å²) in [6.07, 6.45) is 3.14. The van der Waals surface area contributed by atoms with Gasteiger partial charge in [0.2, 0.25) is 15.9 Å². The van der Waals surface area contributed by atoms with Crippen molar-refractivity contribution < 1.29 is 17.5 Å². The van der Waals surface area contributed by atoms with Gasteiger partial charge in [0.05, 0.1) is 12.4 Å². The Morgan fingerprint density at radius 2 is 1.92 bits per heavy atom. The number of benzene rings is 1. The average Bonchev–Trinajstić information content (AvgIpc) is 2.63. The van der Waals surface area contributed by atoms with Gasteiger partial charge in [-0.05, 0) is 37.8 Å². The van der Waals surface area contributed by atoms with Crippen molar-refractivity contribution in [3.8, 4) is 5.88 Å². The first-order chi connectivity index (χ1) is 12.5. The Kier molecular flexibility index (Phi) is 5.88. The third-order valence-corrected chi connectivity index (χ3v) is 6.51. The predicted octanol–water partition coefficient (Wildman–Crippen LogP) is 3.15. The summed E-state index contributed by atoms with van der Waals surface area (Å²) in [6.45, 7) is 3.34. The number of hydrogen-bond acceptors (Lipinski definition) is 4. The van der Waals surface area contributed by atoms with Crippen LogP contribution in [0.2, 0.25) is 0 Å². The van der Waals surface area contributed by atoms with E-state index in [9.17, 15) is 12.8 Å². The molecule has 1 aliphatic heterocycles. The van der Waals surface area contributed by atoms with Gasteiger partial charge in [-0.25, -0.2) is 22.1 Å². The highest BCUT2D eigenvalue weighted by molar-refractivity contribution is 7.88. The molecule has 1 saturated heterocycles. The monoisotopic (exact) mass is 378 g/mol. The molecule has 0 atom stereocenters. The van der Waals surface area contributed by atoms with Crippen LogP contribution in [0.1, 0.15) is 24.0 Å². The first-order valence-corrected chi connectivity index (χ1v) is 10.3. The third-order valence-electron chi connectivity index (χ3n) is 4.68. The molecule has 1 aliphatic rings. The SMILES string of the molecule is Cc1cccnc1OCC1CCN(S(=O)(=O)Cc2ccccc2F)CC1. The normalized spacial score (nSPS) is 16.5. The summed E-state index contributed by atoms with van der Waals surface area (Å²) in [5.41, 5.74) is 1.20. The molecule has 26 heavy (non-hydrogen) atoms. The molecule has 1 aromatic carbocycles. The summed E-state index contributed by atoms with van der Waals surface area (Å²) in [5.74, 6) is 0.136. The molecule has 0 N–H and O–H groups in total. The van der Waals surface area contributed by atoms with Gasteiger partial charge in [-0.3, -0.25) is 0 Å². The van der Waals surface area contributed by atoms with Gasteiger partial charge in [-0.15, -0.1) is 0 Å². The van der Waals surface area contributed by atoms with Gasteiger partial charge >= 0.3 is 0 Å². The van der Waals surface area contributed by atoms with Crippen LogP contribution in [-0.2, 0) is 15.8 Å². The standard InChI is InChI=1S/C19H23FN2O3S/c1-15-5-4-10-21-19(15)25-13-16-8-11-22(12-9-16)26(23,24)14-17-6-2-3-7-18(17)20/h2-7,10,16H,8-9,11-14H2,1H3. The minimum absolute atomic E-state index is 0.212. The lowest BCUT2D eigenvalue weighted by Crippen LogP contribution is -2.40. The van der Waals surface area contributed by atoms with Crippen LogP contribution in [0.25, 0.3) is 0 Å². The Morgan fingerprint density at radius 1 is 1.19 bits per heavy atom. The van der Waals surface area contributed by atoms with Gasteiger partial charge in [-0.2, -0.15) is 0 Å². The van der Waals surface area contributed by atoms with E-state index in [0.29, 0.717) is 25.6 Å². The summed E-state index contributed by atoms with van der Waals surface area (Å²) >= 11 is 0. The summed E-state index contributed by atoms with van der Waals surface area (Å²) in [6, 6.07) is 9.81. The van der Waals surface area contributed by atoms with E-state index in [4.69, 9.17) is 4.74 Å². The fourth-order valence-electron chi connectivity index (χ4n) is 3.08. The number of aryl methyl sites for hydroxylation is 1. The van der Waals surface area contributed by atoms with Crippen molar-refractivity contribution in [1.29, 1.82) is 0 Å². The lowest BCUT2D eigenvalue weighted by atomic mass is 9.99. The molecule has 0 unspecified atom stereocenters. The number of hydrogen-bond donors (Lipinski definition) is 0. The van der Waals surface area contributed by atoms with Crippen LogP contribution in [0.3, 0.4) is 0 Å². The molecule has 0 amide bonds. The molecule has 0 aliphatic carbocycles. The van der Waals surface area contributed by atoms with Crippen molar-refractivity contribution in [2.75, 3.05) is 19.7 Å². The quantitative estimate of drug-likeness (QED) is 0.775. The third kappa shape index (κ3) is 4.59. The number of pyridine rings is 1. The number of rotatable bonds is 6. The van der Waals surface area contributed by atoms with Gasteiger partial charge in [0.1, 0.15) is 5.82 Å². The second-order valence-electron chi connectivity index (χ2n) is 6.63. The lowest BCUT2D eigenvalue weighted by Gasteiger charge is -2.31. The van der Waals surface area contributed by atoms with E-state index in [1.165, 1.54) is 16.4 Å². The zero-order chi connectivity index (χ0) is 18.6. The molecular formula is C19H23FN2O3S. The van der Waals surface area contributed by atoms with E-state index in [2.05, 4.69) is 4.98 Å². The molecule has 140 valence electrons. The number of sulfonamides is 1. The molecule has 7 heteroatoms. The lowest BCUT2D eigenvalue weighted by molar-refractivity contribution is 0.180. The molecule has 2 heterocycles. The summed E-state index contributed by atoms with van der Waals surface area (Å²) < 4.78 is 46.1. The highest BCUT2D eigenvalue weighted by Crippen LogP contribution is 2.23. The zero-order valence-electron chi connectivity index (χ0n) is 14.8. The molecule has 0 spiro atoms. The minimum Gasteiger partial charge on any atom is -0.477 e. The topological polar surface area (TPSA) is 59.5 Å². The smallest absolute Gasteiger partial charge is 0.218 e. The number of ether oxygens (including phenoxy) is 1. The number of nitrogens with zero attached hydrogens (tertiary/aromatic N) is 2. The zero-order valence-corrected chi connectivity index (χ0v) is 15.6. The fraction of sp³-hybridized carbons (Fsp3) is 0.421. The maximum Gasteiger partial charge on any atom is 0.218 e. The van der Waals surface area contributed by atoms with Crippen LogP contribution in [0.15, 0.2) is 42.6 Å². The Labute approximate surface area is 153 Å². The van der Waals surface area contributed by atoms with E-state index in [-0.39, 0.29) is 17.2 Å². The van der Waals surface area contributed by atoms with Crippen LogP contribution in [-0.4, -0.2) is 37.4 Å². The molecule has 0 saturated carbocycles. The number of halogens is 1. The molecule has 0 bridgehead atoms. The molecule has 1 fully saturated rings. The van der Waals surface area contributed by atoms with Crippen molar-refractivity contribution >= 4 is 10.0 Å². The van der Waals surface area contributed by atoms with Gasteiger partial charge in [0.25, 0.3) is 0 Å². The highest BCUT2D eigenvalue weighted by Gasteiger charge is 2.29. The summed E-state index contributed by atoms with van der Waals surface area (Å²) in [5, 5.41) is 0. The Balaban J connectivity index is 1.53. The largest absolute Gasteiger partial charge is 0.477 e. The first-order valence-electron chi connectivity index (χ1n) is 8.71. The second kappa shape index (κ2) is 8.14. The fourth-order valence-corrected chi connectivity index (χ4v) is 4.65. The van der Waals surface area contributed by atoms with Crippen molar-refractivity contribution in [3.05, 3.63) is 59.5 Å². The van der Waals surface area contributed by atoms with Crippen LogP contribution in [0.5, 0.6) is 5.88 Å². The van der Waals surface area contributed by atoms with Crippen molar-refractivity contribution in [3.63, 3.8) is 0 Å². The number of aromatic nitrogens is 1. The average molecular weight is 378 g/mol. The molecule has 0 radical (unpaired) electrons. The van der Waals surface area contributed by atoms with E-state index in [0.717, 1.165) is 18.4 Å². The van der Waals surface area contributed by atoms with Crippen LogP contribution in [0, 0.1) is 18.7 Å². The second-order valence-corrected chi connectivity index (χ2v) is 8.60. The summed E-state index contributed by atoms with van der Waals surface area (Å²) in [4.78, 5) is 4.21. The molecule has 3 rings (SSSR count). The maximum absolute atomic E-state index is 13.7. The van der Waals surface area contributed by atoms with E-state index in [1.54, 1.807) is 18.3 Å². The van der Waals surface area contributed by atoms with Gasteiger partial charge < -0.3 is 4.74 Å². The van der Waals surface area contributed by atoms with Crippen LogP contribution in [0.4, 0.5) is 4.39 Å². The molecular weight excluding hydrogens is 355 g/mol. The first kappa shape index (κ1) is 18.8. The van der Waals surface area contributed by atoms with Crippen LogP contribution >= 0.6 is 0 Å². The van der Waals surface area contributed by atoms with Gasteiger partial charge in [0, 0.05) is 30.4 Å². The van der Waals surface area contributed by atoms with E-state index in [1.807, 2.05) is 19.1 Å². The molecule has 5 nitrogen and oxygen atoms in total.